The van der Waals surface area contributed by atoms with Crippen LogP contribution < -0.4 is 5.32 Å². The molecule has 4 heteroatoms. The van der Waals surface area contributed by atoms with Crippen molar-refractivity contribution in [2.75, 3.05) is 40.4 Å². The first-order valence-corrected chi connectivity index (χ1v) is 7.82. The summed E-state index contributed by atoms with van der Waals surface area (Å²) in [6.07, 6.45) is 3.42. The number of likely N-dealkylation sites (tertiary alicyclic amines) is 1. The van der Waals surface area contributed by atoms with Gasteiger partial charge in [-0.15, -0.1) is 0 Å². The molecule has 0 aliphatic carbocycles. The molecule has 1 aromatic carbocycles. The summed E-state index contributed by atoms with van der Waals surface area (Å²) in [7, 11) is 3.60. The van der Waals surface area contributed by atoms with E-state index in [1.807, 2.05) is 7.05 Å². The highest BCUT2D eigenvalue weighted by atomic mass is 16.5. The molecule has 1 saturated heterocycles. The first kappa shape index (κ1) is 15.8. The van der Waals surface area contributed by atoms with Gasteiger partial charge in [0.25, 0.3) is 0 Å². The second kappa shape index (κ2) is 8.67. The van der Waals surface area contributed by atoms with Crippen molar-refractivity contribution in [3.05, 3.63) is 35.9 Å². The molecule has 0 radical (unpaired) electrons. The van der Waals surface area contributed by atoms with E-state index in [-0.39, 0.29) is 0 Å². The smallest absolute Gasteiger partial charge is 0.193 e. The van der Waals surface area contributed by atoms with Gasteiger partial charge in [0.2, 0.25) is 0 Å². The Morgan fingerprint density at radius 1 is 1.38 bits per heavy atom. The van der Waals surface area contributed by atoms with Crippen molar-refractivity contribution < 1.29 is 4.74 Å². The number of methoxy groups -OCH3 is 1. The van der Waals surface area contributed by atoms with Crippen LogP contribution in [-0.4, -0.2) is 51.3 Å². The van der Waals surface area contributed by atoms with Gasteiger partial charge in [0.15, 0.2) is 5.96 Å². The number of guanidine groups is 1. The summed E-state index contributed by atoms with van der Waals surface area (Å²) in [5.74, 6) is 1.76. The van der Waals surface area contributed by atoms with E-state index in [0.717, 1.165) is 51.0 Å². The highest BCUT2D eigenvalue weighted by molar-refractivity contribution is 5.80. The van der Waals surface area contributed by atoms with E-state index in [1.165, 1.54) is 12.0 Å². The molecule has 0 bridgehead atoms. The van der Waals surface area contributed by atoms with Gasteiger partial charge in [-0.2, -0.15) is 0 Å². The molecule has 1 aliphatic rings. The summed E-state index contributed by atoms with van der Waals surface area (Å²) in [6.45, 7) is 3.90. The summed E-state index contributed by atoms with van der Waals surface area (Å²) in [5, 5.41) is 3.43. The first-order chi connectivity index (χ1) is 10.3. The zero-order valence-corrected chi connectivity index (χ0v) is 13.2. The molecular weight excluding hydrogens is 262 g/mol. The molecule has 1 unspecified atom stereocenters. The molecule has 0 spiro atoms. The minimum atomic E-state index is 0.727. The Kier molecular flexibility index (Phi) is 6.54. The number of rotatable bonds is 6. The van der Waals surface area contributed by atoms with E-state index in [0.29, 0.717) is 0 Å². The maximum Gasteiger partial charge on any atom is 0.193 e. The number of nitrogens with zero attached hydrogens (tertiary/aromatic N) is 2. The number of hydrogen-bond acceptors (Lipinski definition) is 2. The van der Waals surface area contributed by atoms with E-state index in [2.05, 4.69) is 45.5 Å². The monoisotopic (exact) mass is 289 g/mol. The van der Waals surface area contributed by atoms with Crippen LogP contribution in [0.3, 0.4) is 0 Å². The lowest BCUT2D eigenvalue weighted by molar-refractivity contribution is 0.195. The van der Waals surface area contributed by atoms with Crippen LogP contribution in [0.4, 0.5) is 0 Å². The fourth-order valence-electron chi connectivity index (χ4n) is 2.89. The third kappa shape index (κ3) is 5.05. The van der Waals surface area contributed by atoms with Gasteiger partial charge in [0.1, 0.15) is 0 Å². The standard InChI is InChI=1S/C17H27N3O/c1-18-17(19-10-6-12-21-2)20-11-9-16(14-20)13-15-7-4-3-5-8-15/h3-5,7-8,16H,6,9-14H2,1-2H3,(H,18,19). The second-order valence-corrected chi connectivity index (χ2v) is 5.61. The van der Waals surface area contributed by atoms with Crippen molar-refractivity contribution in [3.63, 3.8) is 0 Å². The lowest BCUT2D eigenvalue weighted by Gasteiger charge is -2.21. The quantitative estimate of drug-likeness (QED) is 0.495. The highest BCUT2D eigenvalue weighted by Gasteiger charge is 2.24. The second-order valence-electron chi connectivity index (χ2n) is 5.61. The third-order valence-corrected chi connectivity index (χ3v) is 3.97. The van der Waals surface area contributed by atoms with Gasteiger partial charge in [-0.3, -0.25) is 4.99 Å². The summed E-state index contributed by atoms with van der Waals surface area (Å²) in [6, 6.07) is 10.8. The highest BCUT2D eigenvalue weighted by Crippen LogP contribution is 2.20. The summed E-state index contributed by atoms with van der Waals surface area (Å²) < 4.78 is 5.07. The number of ether oxygens (including phenoxy) is 1. The molecule has 0 amide bonds. The Bertz CT molecular complexity index is 433. The number of aliphatic imine (C=N–C) groups is 1. The van der Waals surface area contributed by atoms with Crippen LogP contribution >= 0.6 is 0 Å². The third-order valence-electron chi connectivity index (χ3n) is 3.97. The lowest BCUT2D eigenvalue weighted by atomic mass is 9.99. The van der Waals surface area contributed by atoms with E-state index < -0.39 is 0 Å². The minimum absolute atomic E-state index is 0.727. The molecule has 1 fully saturated rings. The van der Waals surface area contributed by atoms with Crippen LogP contribution in [0.2, 0.25) is 0 Å². The SMILES string of the molecule is CN=C(NCCCOC)N1CCC(Cc2ccccc2)C1. The van der Waals surface area contributed by atoms with Gasteiger partial charge in [0, 0.05) is 40.4 Å². The molecular formula is C17H27N3O. The van der Waals surface area contributed by atoms with E-state index in [9.17, 15) is 0 Å². The van der Waals surface area contributed by atoms with E-state index >= 15 is 0 Å². The molecule has 116 valence electrons. The summed E-state index contributed by atoms with van der Waals surface area (Å²) in [5.41, 5.74) is 1.44. The minimum Gasteiger partial charge on any atom is -0.385 e. The summed E-state index contributed by atoms with van der Waals surface area (Å²) >= 11 is 0. The maximum absolute atomic E-state index is 5.07. The van der Waals surface area contributed by atoms with Gasteiger partial charge in [0.05, 0.1) is 0 Å². The molecule has 1 N–H and O–H groups in total. The zero-order chi connectivity index (χ0) is 14.9. The van der Waals surface area contributed by atoms with Gasteiger partial charge in [-0.25, -0.2) is 0 Å². The van der Waals surface area contributed by atoms with Crippen molar-refractivity contribution in [1.29, 1.82) is 0 Å². The summed E-state index contributed by atoms with van der Waals surface area (Å²) in [4.78, 5) is 6.78. The van der Waals surface area contributed by atoms with Crippen LogP contribution in [0.5, 0.6) is 0 Å². The van der Waals surface area contributed by atoms with Crippen molar-refractivity contribution in [1.82, 2.24) is 10.2 Å². The molecule has 0 saturated carbocycles. The Labute approximate surface area is 128 Å². The van der Waals surface area contributed by atoms with Crippen molar-refractivity contribution >= 4 is 5.96 Å². The van der Waals surface area contributed by atoms with Crippen molar-refractivity contribution in [2.24, 2.45) is 10.9 Å². The molecule has 0 aromatic heterocycles. The van der Waals surface area contributed by atoms with Gasteiger partial charge in [-0.1, -0.05) is 30.3 Å². The lowest BCUT2D eigenvalue weighted by Crippen LogP contribution is -2.40. The Morgan fingerprint density at radius 3 is 2.90 bits per heavy atom. The molecule has 1 atom stereocenters. The van der Waals surface area contributed by atoms with Crippen LogP contribution in [0.1, 0.15) is 18.4 Å². The van der Waals surface area contributed by atoms with E-state index in [4.69, 9.17) is 4.74 Å². The molecule has 1 aromatic rings. The topological polar surface area (TPSA) is 36.9 Å². The van der Waals surface area contributed by atoms with Crippen LogP contribution in [0.25, 0.3) is 0 Å². The van der Waals surface area contributed by atoms with E-state index in [1.54, 1.807) is 7.11 Å². The Morgan fingerprint density at radius 2 is 2.19 bits per heavy atom. The van der Waals surface area contributed by atoms with Crippen LogP contribution in [0, 0.1) is 5.92 Å². The number of nitrogens with one attached hydrogen (secondary N) is 1. The fraction of sp³-hybridized carbons (Fsp3) is 0.588. The van der Waals surface area contributed by atoms with Gasteiger partial charge >= 0.3 is 0 Å². The Hall–Kier alpha value is -1.55. The average molecular weight is 289 g/mol. The largest absolute Gasteiger partial charge is 0.385 e. The zero-order valence-electron chi connectivity index (χ0n) is 13.2. The predicted octanol–water partition coefficient (Wildman–Crippen LogP) is 2.16. The molecule has 1 heterocycles. The maximum atomic E-state index is 5.07. The predicted molar refractivity (Wildman–Crippen MR) is 87.7 cm³/mol. The fourth-order valence-corrected chi connectivity index (χ4v) is 2.89. The molecule has 2 rings (SSSR count). The molecule has 1 aliphatic heterocycles. The van der Waals surface area contributed by atoms with Crippen molar-refractivity contribution in [3.8, 4) is 0 Å². The number of benzene rings is 1. The number of hydrogen-bond donors (Lipinski definition) is 1. The van der Waals surface area contributed by atoms with Gasteiger partial charge < -0.3 is 15.0 Å². The van der Waals surface area contributed by atoms with Crippen molar-refractivity contribution in [2.45, 2.75) is 19.3 Å². The van der Waals surface area contributed by atoms with Crippen LogP contribution in [-0.2, 0) is 11.2 Å². The first-order valence-electron chi connectivity index (χ1n) is 7.82. The van der Waals surface area contributed by atoms with Crippen LogP contribution in [0.15, 0.2) is 35.3 Å². The average Bonchev–Trinajstić information content (AvgIpc) is 2.97. The normalized spacial score (nSPS) is 19.0. The Balaban J connectivity index is 1.77. The molecule has 4 nitrogen and oxygen atoms in total. The van der Waals surface area contributed by atoms with Gasteiger partial charge in [-0.05, 0) is 30.7 Å². The molecule has 21 heavy (non-hydrogen) atoms.